The lowest BCUT2D eigenvalue weighted by Crippen LogP contribution is -2.82. The minimum Gasteiger partial charge on any atom is -0.548 e. The van der Waals surface area contributed by atoms with Crippen LogP contribution in [-0.4, -0.2) is 31.2 Å². The number of nitrogens with zero attached hydrogens (tertiary/aromatic N) is 4. The largest absolute Gasteiger partial charge is 0.548 e. The molecule has 0 saturated heterocycles. The van der Waals surface area contributed by atoms with E-state index in [-0.39, 0.29) is 11.2 Å². The molecule has 0 unspecified atom stereocenters. The average Bonchev–Trinajstić information content (AvgIpc) is 3.26. The summed E-state index contributed by atoms with van der Waals surface area (Å²) in [6, 6.07) is 19.2. The van der Waals surface area contributed by atoms with Crippen molar-refractivity contribution in [3.8, 4) is 0 Å². The highest BCUT2D eigenvalue weighted by molar-refractivity contribution is 5.77. The third-order valence-corrected chi connectivity index (χ3v) is 5.74. The predicted molar refractivity (Wildman–Crippen MR) is 126 cm³/mol. The fraction of sp³-hybridized carbons (Fsp3) is 0.200. The second-order valence-electron chi connectivity index (χ2n) is 8.03. The van der Waals surface area contributed by atoms with Gasteiger partial charge >= 0.3 is 5.69 Å². The molecule has 0 saturated carbocycles. The van der Waals surface area contributed by atoms with Crippen LogP contribution in [0.1, 0.15) is 16.7 Å². The Morgan fingerprint density at radius 1 is 1.06 bits per heavy atom. The number of quaternary nitrogens is 1. The summed E-state index contributed by atoms with van der Waals surface area (Å²) in [5.41, 5.74) is 4.62. The van der Waals surface area contributed by atoms with Gasteiger partial charge in [0.25, 0.3) is 5.56 Å². The number of carbonyl (C=O) groups excluding carboxylic acids is 1. The molecule has 5 rings (SSSR count). The van der Waals surface area contributed by atoms with Gasteiger partial charge in [-0.3, -0.25) is 13.9 Å². The average molecular weight is 460 g/mol. The molecule has 0 radical (unpaired) electrons. The van der Waals surface area contributed by atoms with Gasteiger partial charge in [0.15, 0.2) is 11.2 Å². The van der Waals surface area contributed by atoms with Gasteiger partial charge in [-0.25, -0.2) is 9.78 Å². The van der Waals surface area contributed by atoms with Crippen molar-refractivity contribution in [2.75, 3.05) is 6.54 Å². The molecule has 0 fully saturated rings. The molecule has 174 valence electrons. The maximum Gasteiger partial charge on any atom is 0.332 e. The lowest BCUT2D eigenvalue weighted by atomic mass is 9.97. The van der Waals surface area contributed by atoms with Crippen molar-refractivity contribution in [3.05, 3.63) is 98.5 Å². The number of carboxylic acids is 1. The van der Waals surface area contributed by atoms with Gasteiger partial charge < -0.3 is 19.8 Å². The molecule has 3 heterocycles. The molecule has 9 nitrogen and oxygen atoms in total. The molecule has 0 spiro atoms. The predicted octanol–water partition coefficient (Wildman–Crippen LogP) is -0.512. The zero-order chi connectivity index (χ0) is 24.2. The maximum atomic E-state index is 11.8. The number of benzene rings is 2. The number of hydrogen-bond donors (Lipinski definition) is 1. The number of aliphatic carboxylic acids is 1. The molecule has 4 aromatic rings. The molecule has 1 aliphatic heterocycles. The Labute approximate surface area is 195 Å². The van der Waals surface area contributed by atoms with Crippen molar-refractivity contribution in [1.29, 1.82) is 0 Å². The van der Waals surface area contributed by atoms with E-state index in [1.54, 1.807) is 0 Å². The number of nitrogens with two attached hydrogens (primary N) is 1. The monoisotopic (exact) mass is 459 g/mol. The number of rotatable bonds is 3. The van der Waals surface area contributed by atoms with E-state index in [4.69, 9.17) is 0 Å². The number of hydrogen-bond acceptors (Lipinski definition) is 5. The molecule has 9 heteroatoms. The van der Waals surface area contributed by atoms with E-state index in [1.807, 2.05) is 0 Å². The Kier molecular flexibility index (Phi) is 6.55. The highest BCUT2D eigenvalue weighted by Gasteiger charge is 2.16. The molecule has 2 aromatic carbocycles. The first-order valence-electron chi connectivity index (χ1n) is 10.9. The quantitative estimate of drug-likeness (QED) is 0.443. The Bertz CT molecular complexity index is 1500. The van der Waals surface area contributed by atoms with Crippen LogP contribution < -0.4 is 21.7 Å². The number of fused-ring (bicyclic) bond motifs is 2. The van der Waals surface area contributed by atoms with Crippen LogP contribution in [-0.2, 0) is 31.9 Å². The molecule has 0 bridgehead atoms. The van der Waals surface area contributed by atoms with Crippen LogP contribution in [0.4, 0.5) is 0 Å². The molecule has 34 heavy (non-hydrogen) atoms. The summed E-state index contributed by atoms with van der Waals surface area (Å²) < 4.78 is 3.23. The first-order chi connectivity index (χ1) is 16.4. The Morgan fingerprint density at radius 3 is 2.50 bits per heavy atom. The number of carboxylic acid groups (broad SMARTS) is 1. The number of aromatic nitrogens is 4. The Hall–Kier alpha value is -4.24. The third kappa shape index (κ3) is 4.60. The van der Waals surface area contributed by atoms with Crippen LogP contribution in [0, 0.1) is 0 Å². The molecule has 2 aromatic heterocycles. The van der Waals surface area contributed by atoms with Gasteiger partial charge in [-0.05, 0) is 17.2 Å². The summed E-state index contributed by atoms with van der Waals surface area (Å²) in [5, 5.41) is 12.9. The van der Waals surface area contributed by atoms with Crippen LogP contribution in [0.3, 0.4) is 0 Å². The van der Waals surface area contributed by atoms with Gasteiger partial charge in [0.05, 0.1) is 25.4 Å². The molecule has 2 N–H and O–H groups in total. The van der Waals surface area contributed by atoms with E-state index in [9.17, 15) is 19.5 Å². The topological polar surface area (TPSA) is 119 Å². The van der Waals surface area contributed by atoms with Crippen LogP contribution in [0.25, 0.3) is 22.9 Å². The minimum atomic E-state index is -1.33. The summed E-state index contributed by atoms with van der Waals surface area (Å²) in [7, 11) is 2.78. The van der Waals surface area contributed by atoms with Crippen LogP contribution in [0.5, 0.6) is 0 Å². The normalized spacial score (nSPS) is 13.9. The van der Waals surface area contributed by atoms with Crippen molar-refractivity contribution in [2.24, 2.45) is 14.1 Å². The summed E-state index contributed by atoms with van der Waals surface area (Å²) in [6.45, 7) is 0.666. The van der Waals surface area contributed by atoms with Crippen molar-refractivity contribution < 1.29 is 15.2 Å². The van der Waals surface area contributed by atoms with E-state index < -0.39 is 23.8 Å². The fourth-order valence-corrected chi connectivity index (χ4v) is 4.03. The molecule has 0 aliphatic carbocycles. The van der Waals surface area contributed by atoms with Crippen molar-refractivity contribution in [1.82, 2.24) is 18.7 Å². The molecule has 1 aliphatic rings. The minimum absolute atomic E-state index is 0.0683. The SMILES string of the molecule is C(=C1[NH2+]CCc2ccccc21)c1ccccc1.Cn1c(=O)c2c(ncn2CC(=O)[O-])n(C)c1=O. The number of carbonyl (C=O) groups is 1. The zero-order valence-corrected chi connectivity index (χ0v) is 19.0. The second kappa shape index (κ2) is 9.72. The van der Waals surface area contributed by atoms with E-state index in [1.165, 1.54) is 53.8 Å². The van der Waals surface area contributed by atoms with Gasteiger partial charge in [-0.15, -0.1) is 0 Å². The number of imidazole rings is 1. The lowest BCUT2D eigenvalue weighted by molar-refractivity contribution is -0.563. The Morgan fingerprint density at radius 2 is 1.76 bits per heavy atom. The zero-order valence-electron chi connectivity index (χ0n) is 19.0. The van der Waals surface area contributed by atoms with E-state index in [0.717, 1.165) is 15.7 Å². The van der Waals surface area contributed by atoms with Crippen LogP contribution >= 0.6 is 0 Å². The van der Waals surface area contributed by atoms with Crippen LogP contribution in [0.2, 0.25) is 0 Å². The number of aryl methyl sites for hydroxylation is 1. The van der Waals surface area contributed by atoms with Gasteiger partial charge in [-0.1, -0.05) is 48.5 Å². The summed E-state index contributed by atoms with van der Waals surface area (Å²) in [6.07, 6.45) is 4.64. The summed E-state index contributed by atoms with van der Waals surface area (Å²) in [5.74, 6) is -1.33. The van der Waals surface area contributed by atoms with E-state index in [0.29, 0.717) is 0 Å². The van der Waals surface area contributed by atoms with Gasteiger partial charge in [0.1, 0.15) is 5.70 Å². The molecular formula is C25H25N5O4. The highest BCUT2D eigenvalue weighted by Crippen LogP contribution is 2.19. The van der Waals surface area contributed by atoms with E-state index in [2.05, 4.69) is 71.0 Å². The third-order valence-electron chi connectivity index (χ3n) is 5.74. The Balaban J connectivity index is 0.000000161. The second-order valence-corrected chi connectivity index (χ2v) is 8.03. The summed E-state index contributed by atoms with van der Waals surface area (Å²) >= 11 is 0. The van der Waals surface area contributed by atoms with Gasteiger partial charge in [-0.2, -0.15) is 0 Å². The molecular weight excluding hydrogens is 434 g/mol. The van der Waals surface area contributed by atoms with Crippen molar-refractivity contribution in [3.63, 3.8) is 0 Å². The van der Waals surface area contributed by atoms with Crippen LogP contribution in [0.15, 0.2) is 70.5 Å². The summed E-state index contributed by atoms with van der Waals surface area (Å²) in [4.78, 5) is 37.8. The molecule has 0 atom stereocenters. The van der Waals surface area contributed by atoms with Crippen molar-refractivity contribution >= 4 is 28.9 Å². The van der Waals surface area contributed by atoms with E-state index >= 15 is 0 Å². The maximum absolute atomic E-state index is 11.8. The van der Waals surface area contributed by atoms with Crippen molar-refractivity contribution in [2.45, 2.75) is 13.0 Å². The smallest absolute Gasteiger partial charge is 0.332 e. The fourth-order valence-electron chi connectivity index (χ4n) is 4.03. The first-order valence-corrected chi connectivity index (χ1v) is 10.9. The molecule has 0 amide bonds. The lowest BCUT2D eigenvalue weighted by Gasteiger charge is -2.16. The van der Waals surface area contributed by atoms with Gasteiger partial charge in [0.2, 0.25) is 0 Å². The van der Waals surface area contributed by atoms with Gasteiger partial charge in [0, 0.05) is 32.2 Å². The standard InChI is InChI=1S/C16H15N.C9H10N4O4/c1-2-6-13(7-3-1)12-16-15-9-5-4-8-14(15)10-11-17-16;1-11-7-6(8(16)12(2)9(11)17)13(4-10-7)3-5(14)15/h1-9,12,17H,10-11H2;4H,3H2,1-2H3,(H,14,15). The first kappa shape index (κ1) is 22.9. The highest BCUT2D eigenvalue weighted by atomic mass is 16.4.